The van der Waals surface area contributed by atoms with Gasteiger partial charge in [-0.25, -0.2) is 0 Å². The van der Waals surface area contributed by atoms with E-state index < -0.39 is 17.6 Å². The number of carbonyl (C=O) groups excluding carboxylic acids is 1. The van der Waals surface area contributed by atoms with Crippen LogP contribution in [0.5, 0.6) is 5.75 Å². The molecule has 3 aromatic rings. The molecule has 0 radical (unpaired) electrons. The Kier molecular flexibility index (Phi) is 6.34. The maximum atomic E-state index is 13.0. The molecule has 1 heterocycles. The Morgan fingerprint density at radius 1 is 1.17 bits per heavy atom. The van der Waals surface area contributed by atoms with Gasteiger partial charge < -0.3 is 10.1 Å². The summed E-state index contributed by atoms with van der Waals surface area (Å²) in [6.45, 7) is 3.80. The first-order valence-electron chi connectivity index (χ1n) is 9.25. The average molecular weight is 419 g/mol. The first-order valence-corrected chi connectivity index (χ1v) is 9.25. The van der Waals surface area contributed by atoms with E-state index in [1.54, 1.807) is 0 Å². The van der Waals surface area contributed by atoms with Crippen LogP contribution in [0, 0.1) is 6.92 Å². The first kappa shape index (κ1) is 21.3. The van der Waals surface area contributed by atoms with Crippen molar-refractivity contribution in [3.8, 4) is 17.1 Å². The molecule has 0 fully saturated rings. The quantitative estimate of drug-likeness (QED) is 0.624. The molecule has 10 heteroatoms. The summed E-state index contributed by atoms with van der Waals surface area (Å²) in [5, 5.41) is 14.3. The maximum absolute atomic E-state index is 13.0. The van der Waals surface area contributed by atoms with E-state index in [0.29, 0.717) is 18.9 Å². The summed E-state index contributed by atoms with van der Waals surface area (Å²) in [5.41, 5.74) is 0.859. The van der Waals surface area contributed by atoms with Gasteiger partial charge >= 0.3 is 6.18 Å². The monoisotopic (exact) mass is 419 g/mol. The topological polar surface area (TPSA) is 81.9 Å². The maximum Gasteiger partial charge on any atom is 0.416 e. The molecule has 0 saturated carbocycles. The number of hydrogen-bond donors (Lipinski definition) is 1. The Balaban J connectivity index is 1.74. The van der Waals surface area contributed by atoms with Crippen molar-refractivity contribution < 1.29 is 22.7 Å². The summed E-state index contributed by atoms with van der Waals surface area (Å²) in [5.74, 6) is -0.109. The van der Waals surface area contributed by atoms with Crippen LogP contribution in [0.4, 0.5) is 18.9 Å². The Morgan fingerprint density at radius 3 is 2.57 bits per heavy atom. The summed E-state index contributed by atoms with van der Waals surface area (Å²) >= 11 is 0. The molecule has 2 aromatic carbocycles. The standard InChI is InChI=1S/C20H20F3N5O2/c1-3-10-30-17-9-8-15(20(21,22)23)11-16(17)24-18(29)12-28-26-19(25-27-28)14-6-4-13(2)5-7-14/h4-9,11H,3,10,12H2,1-2H3,(H,24,29). The molecule has 0 unspecified atom stereocenters. The third-order valence-corrected chi connectivity index (χ3v) is 4.09. The Labute approximate surface area is 170 Å². The van der Waals surface area contributed by atoms with Crippen LogP contribution in [-0.4, -0.2) is 32.7 Å². The van der Waals surface area contributed by atoms with Crippen molar-refractivity contribution in [2.75, 3.05) is 11.9 Å². The number of nitrogens with one attached hydrogen (secondary N) is 1. The van der Waals surface area contributed by atoms with Crippen LogP contribution in [0.3, 0.4) is 0 Å². The van der Waals surface area contributed by atoms with Gasteiger partial charge in [-0.05, 0) is 36.8 Å². The van der Waals surface area contributed by atoms with E-state index in [4.69, 9.17) is 4.74 Å². The predicted octanol–water partition coefficient (Wildman–Crippen LogP) is 4.09. The molecule has 0 atom stereocenters. The zero-order valence-electron chi connectivity index (χ0n) is 16.4. The van der Waals surface area contributed by atoms with E-state index in [1.807, 2.05) is 38.1 Å². The summed E-state index contributed by atoms with van der Waals surface area (Å²) < 4.78 is 44.6. The zero-order valence-corrected chi connectivity index (χ0v) is 16.4. The average Bonchev–Trinajstić information content (AvgIpc) is 3.15. The second kappa shape index (κ2) is 8.93. The van der Waals surface area contributed by atoms with Crippen molar-refractivity contribution in [2.45, 2.75) is 33.0 Å². The predicted molar refractivity (Wildman–Crippen MR) is 104 cm³/mol. The lowest BCUT2D eigenvalue weighted by molar-refractivity contribution is -0.137. The molecule has 0 saturated heterocycles. The highest BCUT2D eigenvalue weighted by molar-refractivity contribution is 5.92. The number of rotatable bonds is 7. The molecule has 158 valence electrons. The van der Waals surface area contributed by atoms with Crippen LogP contribution in [0.1, 0.15) is 24.5 Å². The highest BCUT2D eigenvalue weighted by atomic mass is 19.4. The molecule has 0 aliphatic rings. The van der Waals surface area contributed by atoms with E-state index in [2.05, 4.69) is 20.7 Å². The van der Waals surface area contributed by atoms with Crippen LogP contribution in [0.25, 0.3) is 11.4 Å². The van der Waals surface area contributed by atoms with Gasteiger partial charge in [0.05, 0.1) is 17.9 Å². The van der Waals surface area contributed by atoms with Gasteiger partial charge in [0.1, 0.15) is 12.3 Å². The number of halogens is 3. The number of ether oxygens (including phenoxy) is 1. The number of carbonyl (C=O) groups is 1. The third kappa shape index (κ3) is 5.34. The number of aryl methyl sites for hydroxylation is 1. The SMILES string of the molecule is CCCOc1ccc(C(F)(F)F)cc1NC(=O)Cn1nnc(-c2ccc(C)cc2)n1. The highest BCUT2D eigenvalue weighted by Gasteiger charge is 2.31. The minimum absolute atomic E-state index is 0.0675. The van der Waals surface area contributed by atoms with Gasteiger partial charge in [0.25, 0.3) is 0 Å². The van der Waals surface area contributed by atoms with Crippen LogP contribution in [0.15, 0.2) is 42.5 Å². The number of hydrogen-bond acceptors (Lipinski definition) is 5. The lowest BCUT2D eigenvalue weighted by Crippen LogP contribution is -2.21. The number of alkyl halides is 3. The lowest BCUT2D eigenvalue weighted by Gasteiger charge is -2.15. The van der Waals surface area contributed by atoms with Gasteiger partial charge in [-0.2, -0.15) is 18.0 Å². The minimum atomic E-state index is -4.54. The number of benzene rings is 2. The fourth-order valence-corrected chi connectivity index (χ4v) is 2.59. The van der Waals surface area contributed by atoms with Gasteiger partial charge in [0.2, 0.25) is 11.7 Å². The van der Waals surface area contributed by atoms with Crippen molar-refractivity contribution >= 4 is 11.6 Å². The molecule has 1 amide bonds. The van der Waals surface area contributed by atoms with Gasteiger partial charge in [0.15, 0.2) is 0 Å². The Hall–Kier alpha value is -3.43. The molecule has 0 aliphatic carbocycles. The van der Waals surface area contributed by atoms with Crippen LogP contribution < -0.4 is 10.1 Å². The van der Waals surface area contributed by atoms with Crippen molar-refractivity contribution in [2.24, 2.45) is 0 Å². The van der Waals surface area contributed by atoms with Crippen molar-refractivity contribution in [1.29, 1.82) is 0 Å². The molecule has 0 aliphatic heterocycles. The first-order chi connectivity index (χ1) is 14.3. The molecule has 1 N–H and O–H groups in total. The van der Waals surface area contributed by atoms with E-state index in [0.717, 1.165) is 28.1 Å². The van der Waals surface area contributed by atoms with E-state index in [-0.39, 0.29) is 18.0 Å². The summed E-state index contributed by atoms with van der Waals surface area (Å²) in [6, 6.07) is 10.4. The van der Waals surface area contributed by atoms with Gasteiger partial charge in [-0.15, -0.1) is 10.2 Å². The third-order valence-electron chi connectivity index (χ3n) is 4.09. The smallest absolute Gasteiger partial charge is 0.416 e. The van der Waals surface area contributed by atoms with E-state index in [1.165, 1.54) is 6.07 Å². The zero-order chi connectivity index (χ0) is 21.7. The van der Waals surface area contributed by atoms with Gasteiger partial charge in [-0.1, -0.05) is 36.8 Å². The van der Waals surface area contributed by atoms with Crippen LogP contribution in [-0.2, 0) is 17.5 Å². The number of aromatic nitrogens is 4. The number of anilines is 1. The fraction of sp³-hybridized carbons (Fsp3) is 0.300. The Bertz CT molecular complexity index is 1020. The van der Waals surface area contributed by atoms with Crippen LogP contribution in [0.2, 0.25) is 0 Å². The van der Waals surface area contributed by atoms with Gasteiger partial charge in [-0.3, -0.25) is 4.79 Å². The molecular weight excluding hydrogens is 399 g/mol. The molecule has 1 aromatic heterocycles. The van der Waals surface area contributed by atoms with Crippen LogP contribution >= 0.6 is 0 Å². The molecule has 0 bridgehead atoms. The number of nitrogens with zero attached hydrogens (tertiary/aromatic N) is 4. The van der Waals surface area contributed by atoms with Crippen molar-refractivity contribution in [1.82, 2.24) is 20.2 Å². The van der Waals surface area contributed by atoms with Crippen molar-refractivity contribution in [3.05, 3.63) is 53.6 Å². The van der Waals surface area contributed by atoms with E-state index in [9.17, 15) is 18.0 Å². The second-order valence-electron chi connectivity index (χ2n) is 6.61. The second-order valence-corrected chi connectivity index (χ2v) is 6.61. The van der Waals surface area contributed by atoms with Gasteiger partial charge in [0, 0.05) is 5.56 Å². The van der Waals surface area contributed by atoms with E-state index >= 15 is 0 Å². The fourth-order valence-electron chi connectivity index (χ4n) is 2.59. The molecule has 30 heavy (non-hydrogen) atoms. The summed E-state index contributed by atoms with van der Waals surface area (Å²) in [4.78, 5) is 13.5. The minimum Gasteiger partial charge on any atom is -0.491 e. The number of tetrazole rings is 1. The molecule has 3 rings (SSSR count). The molecule has 0 spiro atoms. The molecular formula is C20H20F3N5O2. The largest absolute Gasteiger partial charge is 0.491 e. The Morgan fingerprint density at radius 2 is 1.90 bits per heavy atom. The van der Waals surface area contributed by atoms with Crippen molar-refractivity contribution in [3.63, 3.8) is 0 Å². The molecule has 7 nitrogen and oxygen atoms in total. The summed E-state index contributed by atoms with van der Waals surface area (Å²) in [7, 11) is 0. The lowest BCUT2D eigenvalue weighted by atomic mass is 10.1. The highest BCUT2D eigenvalue weighted by Crippen LogP contribution is 2.35. The number of amides is 1. The normalized spacial score (nSPS) is 11.4. The summed E-state index contributed by atoms with van der Waals surface area (Å²) in [6.07, 6.45) is -3.88.